The fraction of sp³-hybridized carbons (Fsp3) is 0.250. The minimum Gasteiger partial charge on any atom is -0.407 e. The summed E-state index contributed by atoms with van der Waals surface area (Å²) in [5, 5.41) is 0. The highest BCUT2D eigenvalue weighted by molar-refractivity contribution is 5.59. The van der Waals surface area contributed by atoms with Crippen LogP contribution in [0.4, 0.5) is 0 Å². The van der Waals surface area contributed by atoms with Gasteiger partial charge in [0, 0.05) is 12.1 Å². The predicted octanol–water partition coefficient (Wildman–Crippen LogP) is 2.44. The Kier molecular flexibility index (Phi) is 2.46. The maximum Gasteiger partial charge on any atom is 0.419 e. The van der Waals surface area contributed by atoms with E-state index in [1.54, 1.807) is 4.57 Å². The van der Waals surface area contributed by atoms with Gasteiger partial charge >= 0.3 is 5.76 Å². The lowest BCUT2D eigenvalue weighted by atomic mass is 10.1. The summed E-state index contributed by atoms with van der Waals surface area (Å²) in [4.78, 5) is 11.5. The molecule has 0 spiro atoms. The van der Waals surface area contributed by atoms with E-state index in [-0.39, 0.29) is 5.76 Å². The van der Waals surface area contributed by atoms with Crippen LogP contribution in [-0.4, -0.2) is 4.57 Å². The van der Waals surface area contributed by atoms with E-state index in [1.807, 2.05) is 44.2 Å². The van der Waals surface area contributed by atoms with Gasteiger partial charge in [0.1, 0.15) is 0 Å². The Balaban J connectivity index is 2.60. The molecule has 2 rings (SSSR count). The van der Waals surface area contributed by atoms with Crippen LogP contribution in [0.25, 0.3) is 11.3 Å². The van der Waals surface area contributed by atoms with Gasteiger partial charge in [0.05, 0.1) is 5.69 Å². The zero-order valence-electron chi connectivity index (χ0n) is 8.86. The molecule has 0 fully saturated rings. The summed E-state index contributed by atoms with van der Waals surface area (Å²) in [6, 6.07) is 9.67. The van der Waals surface area contributed by atoms with Crippen LogP contribution in [0.1, 0.15) is 12.6 Å². The Bertz CT molecular complexity index is 508. The third kappa shape index (κ3) is 1.61. The molecule has 2 aromatic rings. The summed E-state index contributed by atoms with van der Waals surface area (Å²) in [7, 11) is 0. The zero-order chi connectivity index (χ0) is 10.8. The number of oxazole rings is 1. The van der Waals surface area contributed by atoms with Crippen molar-refractivity contribution in [1.29, 1.82) is 0 Å². The van der Waals surface area contributed by atoms with Gasteiger partial charge in [-0.3, -0.25) is 4.57 Å². The lowest BCUT2D eigenvalue weighted by molar-refractivity contribution is 0.493. The lowest BCUT2D eigenvalue weighted by Gasteiger charge is -1.99. The fourth-order valence-electron chi connectivity index (χ4n) is 1.70. The quantitative estimate of drug-likeness (QED) is 0.751. The number of aromatic nitrogens is 1. The second kappa shape index (κ2) is 3.77. The average molecular weight is 203 g/mol. The van der Waals surface area contributed by atoms with E-state index in [1.165, 1.54) is 0 Å². The van der Waals surface area contributed by atoms with Gasteiger partial charge in [0.25, 0.3) is 0 Å². The first-order chi connectivity index (χ1) is 7.24. The lowest BCUT2D eigenvalue weighted by Crippen LogP contribution is -2.13. The SMILES string of the molecule is CCn1c(C)c(-c2ccccc2)oc1=O. The van der Waals surface area contributed by atoms with Gasteiger partial charge < -0.3 is 4.42 Å². The Morgan fingerprint density at radius 1 is 1.27 bits per heavy atom. The van der Waals surface area contributed by atoms with Crippen molar-refractivity contribution in [3.63, 3.8) is 0 Å². The molecule has 0 saturated heterocycles. The Hall–Kier alpha value is -1.77. The molecule has 0 atom stereocenters. The van der Waals surface area contributed by atoms with Crippen LogP contribution in [0.3, 0.4) is 0 Å². The van der Waals surface area contributed by atoms with E-state index in [4.69, 9.17) is 4.42 Å². The molecule has 78 valence electrons. The van der Waals surface area contributed by atoms with Gasteiger partial charge in [0.15, 0.2) is 5.76 Å². The van der Waals surface area contributed by atoms with Crippen molar-refractivity contribution in [2.24, 2.45) is 0 Å². The highest BCUT2D eigenvalue weighted by atomic mass is 16.4. The van der Waals surface area contributed by atoms with Gasteiger partial charge in [-0.05, 0) is 13.8 Å². The third-order valence-corrected chi connectivity index (χ3v) is 2.50. The summed E-state index contributed by atoms with van der Waals surface area (Å²) >= 11 is 0. The van der Waals surface area contributed by atoms with Gasteiger partial charge in [-0.1, -0.05) is 30.3 Å². The second-order valence-corrected chi connectivity index (χ2v) is 3.39. The molecule has 3 nitrogen and oxygen atoms in total. The summed E-state index contributed by atoms with van der Waals surface area (Å²) in [5.41, 5.74) is 1.83. The summed E-state index contributed by atoms with van der Waals surface area (Å²) in [5.74, 6) is 0.385. The van der Waals surface area contributed by atoms with Crippen molar-refractivity contribution in [1.82, 2.24) is 4.57 Å². The largest absolute Gasteiger partial charge is 0.419 e. The summed E-state index contributed by atoms with van der Waals surface area (Å²) in [6.07, 6.45) is 0. The van der Waals surface area contributed by atoms with E-state index in [9.17, 15) is 4.79 Å². The van der Waals surface area contributed by atoms with E-state index >= 15 is 0 Å². The normalized spacial score (nSPS) is 10.5. The molecule has 0 N–H and O–H groups in total. The molecule has 1 aromatic heterocycles. The molecule has 1 aromatic carbocycles. The van der Waals surface area contributed by atoms with Crippen molar-refractivity contribution in [3.8, 4) is 11.3 Å². The van der Waals surface area contributed by atoms with Crippen molar-refractivity contribution in [2.45, 2.75) is 20.4 Å². The monoisotopic (exact) mass is 203 g/mol. The highest BCUT2D eigenvalue weighted by Crippen LogP contribution is 2.21. The van der Waals surface area contributed by atoms with Gasteiger partial charge in [-0.2, -0.15) is 0 Å². The molecule has 0 bridgehead atoms. The Morgan fingerprint density at radius 3 is 2.47 bits per heavy atom. The highest BCUT2D eigenvalue weighted by Gasteiger charge is 2.12. The minimum atomic E-state index is -0.283. The first-order valence-corrected chi connectivity index (χ1v) is 4.99. The molecular formula is C12H13NO2. The molecule has 1 heterocycles. The van der Waals surface area contributed by atoms with Crippen molar-refractivity contribution in [3.05, 3.63) is 46.6 Å². The van der Waals surface area contributed by atoms with Crippen LogP contribution in [0.15, 0.2) is 39.5 Å². The number of nitrogens with zero attached hydrogens (tertiary/aromatic N) is 1. The first-order valence-electron chi connectivity index (χ1n) is 4.99. The van der Waals surface area contributed by atoms with Crippen molar-refractivity contribution in [2.75, 3.05) is 0 Å². The summed E-state index contributed by atoms with van der Waals surface area (Å²) < 4.78 is 6.86. The second-order valence-electron chi connectivity index (χ2n) is 3.39. The van der Waals surface area contributed by atoms with Crippen molar-refractivity contribution >= 4 is 0 Å². The van der Waals surface area contributed by atoms with Crippen LogP contribution in [0.2, 0.25) is 0 Å². The van der Waals surface area contributed by atoms with Gasteiger partial charge in [-0.25, -0.2) is 4.79 Å². The molecule has 0 amide bonds. The average Bonchev–Trinajstić information content (AvgIpc) is 2.55. The topological polar surface area (TPSA) is 35.1 Å². The van der Waals surface area contributed by atoms with Crippen LogP contribution < -0.4 is 5.76 Å². The molecule has 0 unspecified atom stereocenters. The first kappa shape index (κ1) is 9.77. The molecule has 0 aliphatic carbocycles. The van der Waals surface area contributed by atoms with E-state index in [2.05, 4.69) is 0 Å². The van der Waals surface area contributed by atoms with Crippen LogP contribution in [-0.2, 0) is 6.54 Å². The number of hydrogen-bond donors (Lipinski definition) is 0. The molecular weight excluding hydrogens is 190 g/mol. The maximum atomic E-state index is 11.5. The standard InChI is InChI=1S/C12H13NO2/c1-3-13-9(2)11(15-12(13)14)10-7-5-4-6-8-10/h4-8H,3H2,1-2H3. The predicted molar refractivity (Wildman–Crippen MR) is 58.8 cm³/mol. The third-order valence-electron chi connectivity index (χ3n) is 2.50. The molecule has 3 heteroatoms. The maximum absolute atomic E-state index is 11.5. The molecule has 15 heavy (non-hydrogen) atoms. The van der Waals surface area contributed by atoms with Gasteiger partial charge in [0.2, 0.25) is 0 Å². The van der Waals surface area contributed by atoms with E-state index < -0.39 is 0 Å². The van der Waals surface area contributed by atoms with E-state index in [0.717, 1.165) is 11.3 Å². The van der Waals surface area contributed by atoms with Crippen LogP contribution in [0.5, 0.6) is 0 Å². The number of rotatable bonds is 2. The number of benzene rings is 1. The number of hydrogen-bond acceptors (Lipinski definition) is 2. The minimum absolute atomic E-state index is 0.283. The van der Waals surface area contributed by atoms with Crippen LogP contribution in [0, 0.1) is 6.92 Å². The molecule has 0 radical (unpaired) electrons. The van der Waals surface area contributed by atoms with Crippen molar-refractivity contribution < 1.29 is 4.42 Å². The molecule has 0 aliphatic heterocycles. The summed E-state index contributed by atoms with van der Waals surface area (Å²) in [6.45, 7) is 4.47. The van der Waals surface area contributed by atoms with E-state index in [0.29, 0.717) is 12.3 Å². The smallest absolute Gasteiger partial charge is 0.407 e. The molecule has 0 saturated carbocycles. The van der Waals surface area contributed by atoms with Crippen LogP contribution >= 0.6 is 0 Å². The Labute approximate surface area is 88.0 Å². The molecule has 0 aliphatic rings. The van der Waals surface area contributed by atoms with Gasteiger partial charge in [-0.15, -0.1) is 0 Å². The zero-order valence-corrected chi connectivity index (χ0v) is 8.86. The Morgan fingerprint density at radius 2 is 1.93 bits per heavy atom. The fourth-order valence-corrected chi connectivity index (χ4v) is 1.70.